The molecule has 1 aromatic heterocycles. The number of aliphatic hydroxyl groups excluding tert-OH is 1. The lowest BCUT2D eigenvalue weighted by Crippen LogP contribution is -2.52. The van der Waals surface area contributed by atoms with Gasteiger partial charge in [0.1, 0.15) is 18.0 Å². The maximum atomic E-state index is 15.7. The van der Waals surface area contributed by atoms with E-state index in [-0.39, 0.29) is 10.9 Å². The van der Waals surface area contributed by atoms with Crippen molar-refractivity contribution in [3.05, 3.63) is 22.7 Å². The van der Waals surface area contributed by atoms with Crippen molar-refractivity contribution in [3.8, 4) is 0 Å². The molecule has 0 bridgehead atoms. The number of aromatic nitrogens is 2. The van der Waals surface area contributed by atoms with E-state index in [1.165, 1.54) is 19.2 Å². The Morgan fingerprint density at radius 2 is 2.12 bits per heavy atom. The van der Waals surface area contributed by atoms with Crippen LogP contribution in [-0.4, -0.2) is 47.5 Å². The largest absolute Gasteiger partial charge is 0.408 e. The first-order chi connectivity index (χ1) is 11.3. The maximum Gasteiger partial charge on any atom is 0.351 e. The summed E-state index contributed by atoms with van der Waals surface area (Å²) >= 11 is 0. The molecule has 7 nitrogen and oxygen atoms in total. The van der Waals surface area contributed by atoms with E-state index in [9.17, 15) is 9.90 Å². The van der Waals surface area contributed by atoms with Crippen LogP contribution in [0.15, 0.2) is 17.1 Å². The van der Waals surface area contributed by atoms with Gasteiger partial charge in [0.05, 0.1) is 6.61 Å². The standard InChI is InChI=1S/C16H28FN3O4Si/c1-15(2,3)25(5,6)24-12-10(9-21)23-13(16(12,4)17)20-8-7-11(18)19-14(20)22/h7-8,10,12-13,21H,9H2,1-6H3,(H2,18,19,22)/t10-,12-,13?,16+/m1/s1. The van der Waals surface area contributed by atoms with Crippen LogP contribution in [-0.2, 0) is 9.16 Å². The first kappa shape index (κ1) is 20.0. The molecule has 1 aliphatic heterocycles. The van der Waals surface area contributed by atoms with E-state index in [0.29, 0.717) is 0 Å². The number of nitrogen functional groups attached to an aromatic ring is 1. The third kappa shape index (κ3) is 3.64. The van der Waals surface area contributed by atoms with Crippen molar-refractivity contribution in [1.29, 1.82) is 0 Å². The molecular weight excluding hydrogens is 345 g/mol. The molecule has 2 heterocycles. The minimum atomic E-state index is -2.32. The van der Waals surface area contributed by atoms with Crippen molar-refractivity contribution in [1.82, 2.24) is 9.55 Å². The van der Waals surface area contributed by atoms with Crippen LogP contribution in [0.5, 0.6) is 0 Å². The molecule has 0 radical (unpaired) electrons. The third-order valence-corrected chi connectivity index (χ3v) is 9.65. The van der Waals surface area contributed by atoms with Crippen molar-refractivity contribution < 1.29 is 18.7 Å². The molecule has 2 rings (SSSR count). The molecule has 3 N–H and O–H groups in total. The van der Waals surface area contributed by atoms with Crippen molar-refractivity contribution in [2.24, 2.45) is 0 Å². The van der Waals surface area contributed by atoms with Gasteiger partial charge in [0.25, 0.3) is 0 Å². The summed E-state index contributed by atoms with van der Waals surface area (Å²) in [6.07, 6.45) is -1.78. The summed E-state index contributed by atoms with van der Waals surface area (Å²) in [5.74, 6) is 0.0487. The first-order valence-electron chi connectivity index (χ1n) is 8.29. The third-order valence-electron chi connectivity index (χ3n) is 5.19. The summed E-state index contributed by atoms with van der Waals surface area (Å²) in [5.41, 5.74) is 2.75. The molecule has 0 aliphatic carbocycles. The van der Waals surface area contributed by atoms with E-state index >= 15 is 4.39 Å². The highest BCUT2D eigenvalue weighted by atomic mass is 28.4. The molecule has 0 aromatic carbocycles. The number of rotatable bonds is 4. The van der Waals surface area contributed by atoms with Gasteiger partial charge in [-0.3, -0.25) is 4.57 Å². The zero-order valence-corrected chi connectivity index (χ0v) is 16.6. The van der Waals surface area contributed by atoms with Crippen LogP contribution >= 0.6 is 0 Å². The number of nitrogens with two attached hydrogens (primary N) is 1. The van der Waals surface area contributed by atoms with Gasteiger partial charge >= 0.3 is 5.69 Å². The van der Waals surface area contributed by atoms with Crippen LogP contribution in [0.1, 0.15) is 33.9 Å². The Kier molecular flexibility index (Phi) is 5.17. The fourth-order valence-electron chi connectivity index (χ4n) is 2.64. The van der Waals surface area contributed by atoms with Gasteiger partial charge in [0.2, 0.25) is 0 Å². The van der Waals surface area contributed by atoms with E-state index in [2.05, 4.69) is 4.98 Å². The Morgan fingerprint density at radius 3 is 2.60 bits per heavy atom. The van der Waals surface area contributed by atoms with Gasteiger partial charge in [-0.15, -0.1) is 0 Å². The quantitative estimate of drug-likeness (QED) is 0.781. The molecule has 9 heteroatoms. The number of hydrogen-bond acceptors (Lipinski definition) is 6. The topological polar surface area (TPSA) is 99.6 Å². The van der Waals surface area contributed by atoms with E-state index in [0.717, 1.165) is 4.57 Å². The van der Waals surface area contributed by atoms with Gasteiger partial charge < -0.3 is 20.0 Å². The van der Waals surface area contributed by atoms with E-state index in [4.69, 9.17) is 14.9 Å². The zero-order chi connectivity index (χ0) is 19.2. The summed E-state index contributed by atoms with van der Waals surface area (Å²) in [5, 5.41) is 9.53. The number of halogens is 1. The van der Waals surface area contributed by atoms with Crippen LogP contribution in [0.4, 0.5) is 10.2 Å². The second-order valence-electron chi connectivity index (χ2n) is 8.20. The number of aliphatic hydroxyl groups is 1. The summed E-state index contributed by atoms with van der Waals surface area (Å²) in [6, 6.07) is 1.40. The molecule has 0 spiro atoms. The molecule has 0 amide bonds. The predicted octanol–water partition coefficient (Wildman–Crippen LogP) is 1.83. The molecule has 1 saturated heterocycles. The van der Waals surface area contributed by atoms with Gasteiger partial charge in [0, 0.05) is 6.20 Å². The van der Waals surface area contributed by atoms with Crippen LogP contribution in [0, 0.1) is 0 Å². The smallest absolute Gasteiger partial charge is 0.351 e. The lowest BCUT2D eigenvalue weighted by molar-refractivity contribution is -0.0610. The lowest BCUT2D eigenvalue weighted by atomic mass is 9.98. The van der Waals surface area contributed by atoms with Gasteiger partial charge in [-0.05, 0) is 31.1 Å². The summed E-state index contributed by atoms with van der Waals surface area (Å²) < 4.78 is 28.6. The van der Waals surface area contributed by atoms with Crippen molar-refractivity contribution in [2.45, 2.75) is 69.9 Å². The highest BCUT2D eigenvalue weighted by Crippen LogP contribution is 2.46. The molecule has 0 saturated carbocycles. The highest BCUT2D eigenvalue weighted by molar-refractivity contribution is 6.74. The Labute approximate surface area is 148 Å². The van der Waals surface area contributed by atoms with Crippen molar-refractivity contribution >= 4 is 14.1 Å². The summed E-state index contributed by atoms with van der Waals surface area (Å²) in [6.45, 7) is 11.1. The van der Waals surface area contributed by atoms with Crippen molar-refractivity contribution in [2.75, 3.05) is 12.3 Å². The summed E-state index contributed by atoms with van der Waals surface area (Å²) in [7, 11) is -2.32. The molecular formula is C16H28FN3O4Si. The zero-order valence-electron chi connectivity index (χ0n) is 15.6. The summed E-state index contributed by atoms with van der Waals surface area (Å²) in [4.78, 5) is 15.7. The first-order valence-corrected chi connectivity index (χ1v) is 11.2. The van der Waals surface area contributed by atoms with Crippen LogP contribution in [0.2, 0.25) is 18.1 Å². The van der Waals surface area contributed by atoms with Gasteiger partial charge in [-0.2, -0.15) is 4.98 Å². The van der Waals surface area contributed by atoms with Gasteiger partial charge in [-0.25, -0.2) is 9.18 Å². The van der Waals surface area contributed by atoms with Crippen LogP contribution in [0.25, 0.3) is 0 Å². The van der Waals surface area contributed by atoms with E-state index < -0.39 is 44.7 Å². The molecule has 142 valence electrons. The lowest BCUT2D eigenvalue weighted by Gasteiger charge is -2.41. The average molecular weight is 374 g/mol. The second kappa shape index (κ2) is 6.46. The van der Waals surface area contributed by atoms with Crippen LogP contribution in [0.3, 0.4) is 0 Å². The number of hydrogen-bond donors (Lipinski definition) is 2. The minimum absolute atomic E-state index is 0.0487. The molecule has 1 fully saturated rings. The monoisotopic (exact) mass is 373 g/mol. The molecule has 1 unspecified atom stereocenters. The number of nitrogens with zero attached hydrogens (tertiary/aromatic N) is 2. The Morgan fingerprint density at radius 1 is 1.52 bits per heavy atom. The normalized spacial score (nSPS) is 30.6. The fraction of sp³-hybridized carbons (Fsp3) is 0.750. The Balaban J connectivity index is 2.41. The van der Waals surface area contributed by atoms with Crippen LogP contribution < -0.4 is 11.4 Å². The molecule has 25 heavy (non-hydrogen) atoms. The van der Waals surface area contributed by atoms with Gasteiger partial charge in [0.15, 0.2) is 20.2 Å². The van der Waals surface area contributed by atoms with Crippen molar-refractivity contribution in [3.63, 3.8) is 0 Å². The maximum absolute atomic E-state index is 15.7. The SMILES string of the molecule is CC(C)(C)[Si](C)(C)O[C@@H]1[C@@H](CO)OC(n2ccc(N)nc2=O)[C@@]1(C)F. The number of anilines is 1. The Hall–Kier alpha value is -1.29. The number of ether oxygens (including phenoxy) is 1. The second-order valence-corrected chi connectivity index (χ2v) is 13.0. The molecule has 1 aliphatic rings. The fourth-order valence-corrected chi connectivity index (χ4v) is 4.01. The predicted molar refractivity (Wildman–Crippen MR) is 95.5 cm³/mol. The van der Waals surface area contributed by atoms with E-state index in [1.807, 2.05) is 33.9 Å². The highest BCUT2D eigenvalue weighted by Gasteiger charge is 2.58. The molecule has 4 atom stereocenters. The van der Waals surface area contributed by atoms with Gasteiger partial charge in [-0.1, -0.05) is 20.8 Å². The number of alkyl halides is 1. The molecule has 1 aromatic rings. The average Bonchev–Trinajstić information content (AvgIpc) is 2.69. The Bertz CT molecular complexity index is 687. The van der Waals surface area contributed by atoms with E-state index in [1.54, 1.807) is 0 Å². The minimum Gasteiger partial charge on any atom is -0.408 e.